The number of halogens is 1. The third-order valence-electron chi connectivity index (χ3n) is 4.02. The van der Waals surface area contributed by atoms with Gasteiger partial charge in [-0.15, -0.1) is 0 Å². The van der Waals surface area contributed by atoms with Crippen LogP contribution >= 0.6 is 11.6 Å². The first-order valence-electron chi connectivity index (χ1n) is 8.09. The van der Waals surface area contributed by atoms with Crippen LogP contribution < -0.4 is 5.32 Å². The molecule has 0 bridgehead atoms. The molecule has 0 radical (unpaired) electrons. The van der Waals surface area contributed by atoms with E-state index in [0.717, 1.165) is 16.5 Å². The van der Waals surface area contributed by atoms with E-state index in [1.807, 2.05) is 49.4 Å². The summed E-state index contributed by atoms with van der Waals surface area (Å²) in [6.07, 6.45) is 0.0925. The van der Waals surface area contributed by atoms with Crippen LogP contribution in [0.15, 0.2) is 63.5 Å². The second-order valence-corrected chi connectivity index (χ2v) is 6.43. The van der Waals surface area contributed by atoms with Crippen molar-refractivity contribution in [2.45, 2.75) is 13.3 Å². The van der Waals surface area contributed by atoms with Crippen LogP contribution in [0.1, 0.15) is 11.3 Å². The van der Waals surface area contributed by atoms with E-state index < -0.39 is 0 Å². The lowest BCUT2D eigenvalue weighted by atomic mass is 10.2. The molecule has 1 N–H and O–H groups in total. The number of nitrogens with zero attached hydrogens (tertiary/aromatic N) is 1. The molecule has 1 amide bonds. The normalized spacial score (nSPS) is 11.0. The van der Waals surface area contributed by atoms with Crippen LogP contribution in [0.3, 0.4) is 0 Å². The maximum absolute atomic E-state index is 12.2. The second kappa shape index (κ2) is 6.69. The molecule has 5 nitrogen and oxygen atoms in total. The Morgan fingerprint density at radius 2 is 1.96 bits per heavy atom. The lowest BCUT2D eigenvalue weighted by molar-refractivity contribution is -0.115. The van der Waals surface area contributed by atoms with Crippen molar-refractivity contribution in [3.8, 4) is 11.5 Å². The van der Waals surface area contributed by atoms with Crippen molar-refractivity contribution in [1.29, 1.82) is 0 Å². The van der Waals surface area contributed by atoms with E-state index in [1.165, 1.54) is 0 Å². The number of amides is 1. The fraction of sp³-hybridized carbons (Fsp3) is 0.100. The Labute approximate surface area is 154 Å². The molecule has 2 aromatic heterocycles. The fourth-order valence-corrected chi connectivity index (χ4v) is 2.84. The summed E-state index contributed by atoms with van der Waals surface area (Å²) in [5.41, 5.74) is 2.90. The van der Waals surface area contributed by atoms with Crippen molar-refractivity contribution in [2.75, 3.05) is 5.32 Å². The zero-order chi connectivity index (χ0) is 18.1. The molecule has 130 valence electrons. The van der Waals surface area contributed by atoms with Crippen LogP contribution in [0.4, 0.5) is 5.69 Å². The number of aromatic nitrogens is 1. The van der Waals surface area contributed by atoms with Gasteiger partial charge in [0.05, 0.1) is 12.1 Å². The van der Waals surface area contributed by atoms with Crippen LogP contribution in [0.25, 0.3) is 22.5 Å². The molecule has 0 spiro atoms. The molecule has 4 rings (SSSR count). The molecule has 0 saturated carbocycles. The highest BCUT2D eigenvalue weighted by Gasteiger charge is 2.14. The van der Waals surface area contributed by atoms with Gasteiger partial charge in [-0.3, -0.25) is 4.79 Å². The summed E-state index contributed by atoms with van der Waals surface area (Å²) in [4.78, 5) is 12.2. The van der Waals surface area contributed by atoms with E-state index in [2.05, 4.69) is 10.5 Å². The Balaban J connectivity index is 1.47. The SMILES string of the molecule is Cc1ccc(NC(=O)Cc2cc(-c3cc4ccccc4o3)on2)cc1Cl. The number of aryl methyl sites for hydroxylation is 1. The summed E-state index contributed by atoms with van der Waals surface area (Å²) in [5, 5.41) is 8.34. The van der Waals surface area contributed by atoms with Gasteiger partial charge in [0.1, 0.15) is 5.58 Å². The molecule has 26 heavy (non-hydrogen) atoms. The molecule has 0 unspecified atom stereocenters. The number of furan rings is 1. The largest absolute Gasteiger partial charge is 0.453 e. The van der Waals surface area contributed by atoms with Crippen molar-refractivity contribution >= 4 is 34.2 Å². The maximum Gasteiger partial charge on any atom is 0.230 e. The zero-order valence-electron chi connectivity index (χ0n) is 14.0. The van der Waals surface area contributed by atoms with Gasteiger partial charge < -0.3 is 14.3 Å². The molecule has 4 aromatic rings. The summed E-state index contributed by atoms with van der Waals surface area (Å²) < 4.78 is 11.1. The van der Waals surface area contributed by atoms with Crippen molar-refractivity contribution in [3.05, 3.63) is 70.9 Å². The van der Waals surface area contributed by atoms with Gasteiger partial charge in [0.15, 0.2) is 5.76 Å². The Kier molecular flexibility index (Phi) is 4.22. The molecule has 0 fully saturated rings. The number of rotatable bonds is 4. The summed E-state index contributed by atoms with van der Waals surface area (Å²) >= 11 is 6.07. The van der Waals surface area contributed by atoms with Gasteiger partial charge in [0, 0.05) is 22.2 Å². The fourth-order valence-electron chi connectivity index (χ4n) is 2.65. The lowest BCUT2D eigenvalue weighted by Gasteiger charge is -2.05. The highest BCUT2D eigenvalue weighted by molar-refractivity contribution is 6.31. The predicted octanol–water partition coefficient (Wildman–Crippen LogP) is 5.23. The minimum absolute atomic E-state index is 0.0925. The number of anilines is 1. The number of carbonyl (C=O) groups excluding carboxylic acids is 1. The molecule has 2 aromatic carbocycles. The highest BCUT2D eigenvalue weighted by atomic mass is 35.5. The summed E-state index contributed by atoms with van der Waals surface area (Å²) in [5.74, 6) is 0.868. The molecule has 0 atom stereocenters. The molecule has 6 heteroatoms. The molecule has 0 aliphatic carbocycles. The number of hydrogen-bond donors (Lipinski definition) is 1. The van der Waals surface area contributed by atoms with Gasteiger partial charge in [-0.1, -0.05) is 41.0 Å². The Morgan fingerprint density at radius 1 is 1.12 bits per heavy atom. The Bertz CT molecular complexity index is 1060. The van der Waals surface area contributed by atoms with Crippen LogP contribution in [-0.2, 0) is 11.2 Å². The summed E-state index contributed by atoms with van der Waals surface area (Å²) in [6.45, 7) is 1.91. The first kappa shape index (κ1) is 16.4. The third-order valence-corrected chi connectivity index (χ3v) is 4.43. The minimum atomic E-state index is -0.200. The van der Waals surface area contributed by atoms with Crippen LogP contribution in [0.5, 0.6) is 0 Å². The van der Waals surface area contributed by atoms with E-state index in [4.69, 9.17) is 20.5 Å². The summed E-state index contributed by atoms with van der Waals surface area (Å²) in [6, 6.07) is 16.7. The molecular formula is C20H15ClN2O3. The zero-order valence-corrected chi connectivity index (χ0v) is 14.7. The number of benzene rings is 2. The average molecular weight is 367 g/mol. The molecule has 0 saturated heterocycles. The van der Waals surface area contributed by atoms with E-state index in [0.29, 0.717) is 27.9 Å². The summed E-state index contributed by atoms with van der Waals surface area (Å²) in [7, 11) is 0. The highest BCUT2D eigenvalue weighted by Crippen LogP contribution is 2.28. The van der Waals surface area contributed by atoms with Gasteiger partial charge >= 0.3 is 0 Å². The minimum Gasteiger partial charge on any atom is -0.453 e. The van der Waals surface area contributed by atoms with E-state index in [1.54, 1.807) is 12.1 Å². The van der Waals surface area contributed by atoms with Crippen LogP contribution in [0, 0.1) is 6.92 Å². The standard InChI is InChI=1S/C20H15ClN2O3/c1-12-6-7-14(9-16(12)21)22-20(24)11-15-10-19(26-23-15)18-8-13-4-2-3-5-17(13)25-18/h2-10H,11H2,1H3,(H,22,24). The molecule has 2 heterocycles. The number of fused-ring (bicyclic) bond motifs is 1. The quantitative estimate of drug-likeness (QED) is 0.537. The van der Waals surface area contributed by atoms with Gasteiger partial charge in [-0.2, -0.15) is 0 Å². The van der Waals surface area contributed by atoms with Crippen LogP contribution in [-0.4, -0.2) is 11.1 Å². The van der Waals surface area contributed by atoms with E-state index >= 15 is 0 Å². The monoisotopic (exact) mass is 366 g/mol. The first-order chi connectivity index (χ1) is 12.6. The third kappa shape index (κ3) is 3.34. The second-order valence-electron chi connectivity index (χ2n) is 6.02. The van der Waals surface area contributed by atoms with Crippen LogP contribution in [0.2, 0.25) is 5.02 Å². The van der Waals surface area contributed by atoms with Crippen molar-refractivity contribution in [3.63, 3.8) is 0 Å². The maximum atomic E-state index is 12.2. The number of para-hydroxylation sites is 1. The van der Waals surface area contributed by atoms with Crippen molar-refractivity contribution in [2.24, 2.45) is 0 Å². The van der Waals surface area contributed by atoms with Crippen molar-refractivity contribution in [1.82, 2.24) is 5.16 Å². The molecule has 0 aliphatic rings. The topological polar surface area (TPSA) is 68.3 Å². The Hall–Kier alpha value is -3.05. The number of nitrogens with one attached hydrogen (secondary N) is 1. The number of carbonyl (C=O) groups is 1. The smallest absolute Gasteiger partial charge is 0.230 e. The van der Waals surface area contributed by atoms with Crippen molar-refractivity contribution < 1.29 is 13.7 Å². The average Bonchev–Trinajstić information content (AvgIpc) is 3.24. The first-order valence-corrected chi connectivity index (χ1v) is 8.47. The number of hydrogen-bond acceptors (Lipinski definition) is 4. The van der Waals surface area contributed by atoms with E-state index in [-0.39, 0.29) is 12.3 Å². The molecule has 0 aliphatic heterocycles. The van der Waals surface area contributed by atoms with Gasteiger partial charge in [-0.25, -0.2) is 0 Å². The molecular weight excluding hydrogens is 352 g/mol. The predicted molar refractivity (Wildman–Crippen MR) is 100 cm³/mol. The Morgan fingerprint density at radius 3 is 2.77 bits per heavy atom. The van der Waals surface area contributed by atoms with Gasteiger partial charge in [0.2, 0.25) is 11.7 Å². The lowest BCUT2D eigenvalue weighted by Crippen LogP contribution is -2.14. The van der Waals surface area contributed by atoms with Gasteiger partial charge in [0.25, 0.3) is 0 Å². The van der Waals surface area contributed by atoms with Gasteiger partial charge in [-0.05, 0) is 36.8 Å². The van der Waals surface area contributed by atoms with E-state index in [9.17, 15) is 4.79 Å².